The van der Waals surface area contributed by atoms with Gasteiger partial charge in [0, 0.05) is 44.3 Å². The summed E-state index contributed by atoms with van der Waals surface area (Å²) in [5, 5.41) is 4.15. The number of hydrogen-bond donors (Lipinski definition) is 1. The number of benzene rings is 1. The minimum Gasteiger partial charge on any atom is -0.340 e. The number of carbonyl (C=O) groups is 1. The average molecular weight is 336 g/mol. The molecule has 0 radical (unpaired) electrons. The molecule has 3 rings (SSSR count). The fourth-order valence-electron chi connectivity index (χ4n) is 3.63. The first-order valence-corrected chi connectivity index (χ1v) is 8.87. The van der Waals surface area contributed by atoms with Crippen LogP contribution in [-0.4, -0.2) is 61.5 Å². The molecule has 4 nitrogen and oxygen atoms in total. The van der Waals surface area contributed by atoms with E-state index in [0.717, 1.165) is 51.4 Å². The molecule has 2 heterocycles. The maximum atomic E-state index is 12.4. The molecule has 2 aliphatic heterocycles. The predicted molar refractivity (Wildman–Crippen MR) is 93.8 cm³/mol. The van der Waals surface area contributed by atoms with Crippen molar-refractivity contribution >= 4 is 17.5 Å². The highest BCUT2D eigenvalue weighted by molar-refractivity contribution is 6.30. The first-order chi connectivity index (χ1) is 11.0. The lowest BCUT2D eigenvalue weighted by Gasteiger charge is -2.38. The molecule has 0 aliphatic carbocycles. The molecule has 2 aliphatic rings. The molecule has 126 valence electrons. The molecular weight excluding hydrogens is 310 g/mol. The third kappa shape index (κ3) is 4.46. The van der Waals surface area contributed by atoms with E-state index < -0.39 is 0 Å². The van der Waals surface area contributed by atoms with E-state index in [-0.39, 0.29) is 5.91 Å². The third-order valence-corrected chi connectivity index (χ3v) is 5.27. The first kappa shape index (κ1) is 16.7. The molecule has 0 spiro atoms. The molecule has 2 saturated heterocycles. The summed E-state index contributed by atoms with van der Waals surface area (Å²) in [6, 6.07) is 7.59. The standard InChI is InChI=1S/C18H26ClN3O/c1-18(5-6-20-13-18)14-21-7-9-22(10-8-21)17(23)12-15-3-2-4-16(19)11-15/h2-4,11,20H,5-10,12-14H2,1H3. The zero-order chi connectivity index (χ0) is 16.3. The Morgan fingerprint density at radius 2 is 2.09 bits per heavy atom. The maximum absolute atomic E-state index is 12.4. The van der Waals surface area contributed by atoms with Crippen molar-refractivity contribution in [3.05, 3.63) is 34.9 Å². The van der Waals surface area contributed by atoms with Crippen LogP contribution in [0.1, 0.15) is 18.9 Å². The number of piperazine rings is 1. The normalized spacial score (nSPS) is 25.7. The lowest BCUT2D eigenvalue weighted by molar-refractivity contribution is -0.132. The van der Waals surface area contributed by atoms with Crippen LogP contribution in [0.2, 0.25) is 5.02 Å². The Kier molecular flexibility index (Phi) is 5.24. The summed E-state index contributed by atoms with van der Waals surface area (Å²) in [5.41, 5.74) is 1.39. The highest BCUT2D eigenvalue weighted by atomic mass is 35.5. The number of nitrogens with zero attached hydrogens (tertiary/aromatic N) is 2. The van der Waals surface area contributed by atoms with Gasteiger partial charge in [-0.15, -0.1) is 0 Å². The summed E-state index contributed by atoms with van der Waals surface area (Å²) in [6.07, 6.45) is 1.70. The molecule has 1 atom stereocenters. The third-order valence-electron chi connectivity index (χ3n) is 5.03. The van der Waals surface area contributed by atoms with E-state index in [1.54, 1.807) is 0 Å². The van der Waals surface area contributed by atoms with E-state index in [1.165, 1.54) is 6.42 Å². The maximum Gasteiger partial charge on any atom is 0.227 e. The fraction of sp³-hybridized carbons (Fsp3) is 0.611. The van der Waals surface area contributed by atoms with Gasteiger partial charge in [0.15, 0.2) is 0 Å². The van der Waals surface area contributed by atoms with Crippen molar-refractivity contribution in [1.29, 1.82) is 0 Å². The van der Waals surface area contributed by atoms with Gasteiger partial charge in [0.25, 0.3) is 0 Å². The number of rotatable bonds is 4. The van der Waals surface area contributed by atoms with Crippen LogP contribution in [-0.2, 0) is 11.2 Å². The highest BCUT2D eigenvalue weighted by Crippen LogP contribution is 2.26. The van der Waals surface area contributed by atoms with E-state index in [2.05, 4.69) is 17.1 Å². The zero-order valence-electron chi connectivity index (χ0n) is 13.9. The van der Waals surface area contributed by atoms with Gasteiger partial charge in [0.2, 0.25) is 5.91 Å². The van der Waals surface area contributed by atoms with Crippen molar-refractivity contribution in [2.75, 3.05) is 45.8 Å². The van der Waals surface area contributed by atoms with Crippen LogP contribution in [0, 0.1) is 5.41 Å². The van der Waals surface area contributed by atoms with E-state index in [0.29, 0.717) is 16.9 Å². The van der Waals surface area contributed by atoms with Gasteiger partial charge >= 0.3 is 0 Å². The van der Waals surface area contributed by atoms with Crippen molar-refractivity contribution in [3.63, 3.8) is 0 Å². The number of hydrogen-bond acceptors (Lipinski definition) is 3. The van der Waals surface area contributed by atoms with Gasteiger partial charge in [-0.3, -0.25) is 9.69 Å². The Morgan fingerprint density at radius 3 is 2.74 bits per heavy atom. The van der Waals surface area contributed by atoms with Crippen molar-refractivity contribution < 1.29 is 4.79 Å². The van der Waals surface area contributed by atoms with Crippen molar-refractivity contribution in [2.24, 2.45) is 5.41 Å². The molecule has 0 aromatic heterocycles. The SMILES string of the molecule is CC1(CN2CCN(C(=O)Cc3cccc(Cl)c3)CC2)CCNC1. The summed E-state index contributed by atoms with van der Waals surface area (Å²) >= 11 is 5.99. The summed E-state index contributed by atoms with van der Waals surface area (Å²) in [6.45, 7) is 9.38. The second kappa shape index (κ2) is 7.20. The molecule has 1 N–H and O–H groups in total. The van der Waals surface area contributed by atoms with Crippen molar-refractivity contribution in [2.45, 2.75) is 19.8 Å². The molecule has 1 amide bonds. The summed E-state index contributed by atoms with van der Waals surface area (Å²) in [5.74, 6) is 0.209. The molecule has 1 unspecified atom stereocenters. The highest BCUT2D eigenvalue weighted by Gasteiger charge is 2.32. The van der Waals surface area contributed by atoms with Crippen LogP contribution in [0.5, 0.6) is 0 Å². The van der Waals surface area contributed by atoms with E-state index in [4.69, 9.17) is 11.6 Å². The largest absolute Gasteiger partial charge is 0.340 e. The number of nitrogens with one attached hydrogen (secondary N) is 1. The molecule has 0 bridgehead atoms. The van der Waals surface area contributed by atoms with Crippen LogP contribution < -0.4 is 5.32 Å². The van der Waals surface area contributed by atoms with E-state index >= 15 is 0 Å². The molecule has 5 heteroatoms. The number of halogens is 1. The Labute approximate surface area is 143 Å². The Morgan fingerprint density at radius 1 is 1.30 bits per heavy atom. The smallest absolute Gasteiger partial charge is 0.227 e. The van der Waals surface area contributed by atoms with Crippen molar-refractivity contribution in [3.8, 4) is 0 Å². The molecular formula is C18H26ClN3O. The molecule has 0 saturated carbocycles. The van der Waals surface area contributed by atoms with E-state index in [1.807, 2.05) is 29.2 Å². The van der Waals surface area contributed by atoms with Gasteiger partial charge in [0.1, 0.15) is 0 Å². The minimum absolute atomic E-state index is 0.209. The van der Waals surface area contributed by atoms with Gasteiger partial charge in [-0.1, -0.05) is 30.7 Å². The lowest BCUT2D eigenvalue weighted by Crippen LogP contribution is -2.51. The van der Waals surface area contributed by atoms with Crippen LogP contribution in [0.25, 0.3) is 0 Å². The Hall–Kier alpha value is -1.10. The number of amides is 1. The second-order valence-electron chi connectivity index (χ2n) is 7.20. The quantitative estimate of drug-likeness (QED) is 0.914. The van der Waals surface area contributed by atoms with Crippen LogP contribution in [0.3, 0.4) is 0 Å². The Bertz CT molecular complexity index is 549. The second-order valence-corrected chi connectivity index (χ2v) is 7.64. The summed E-state index contributed by atoms with van der Waals surface area (Å²) < 4.78 is 0. The number of carbonyl (C=O) groups excluding carboxylic acids is 1. The molecule has 1 aromatic rings. The predicted octanol–water partition coefficient (Wildman–Crippen LogP) is 2.03. The summed E-state index contributed by atoms with van der Waals surface area (Å²) in [7, 11) is 0. The van der Waals surface area contributed by atoms with Gasteiger partial charge < -0.3 is 10.2 Å². The molecule has 23 heavy (non-hydrogen) atoms. The molecule has 1 aromatic carbocycles. The topological polar surface area (TPSA) is 35.6 Å². The average Bonchev–Trinajstić information content (AvgIpc) is 2.94. The van der Waals surface area contributed by atoms with Gasteiger partial charge in [-0.05, 0) is 36.1 Å². The van der Waals surface area contributed by atoms with Crippen molar-refractivity contribution in [1.82, 2.24) is 15.1 Å². The minimum atomic E-state index is 0.209. The van der Waals surface area contributed by atoms with Crippen LogP contribution >= 0.6 is 11.6 Å². The van der Waals surface area contributed by atoms with Gasteiger partial charge in [-0.2, -0.15) is 0 Å². The van der Waals surface area contributed by atoms with Crippen LogP contribution in [0.15, 0.2) is 24.3 Å². The fourth-order valence-corrected chi connectivity index (χ4v) is 3.85. The lowest BCUT2D eigenvalue weighted by atomic mass is 9.89. The molecule has 2 fully saturated rings. The summed E-state index contributed by atoms with van der Waals surface area (Å²) in [4.78, 5) is 17.0. The van der Waals surface area contributed by atoms with Gasteiger partial charge in [0.05, 0.1) is 6.42 Å². The van der Waals surface area contributed by atoms with Crippen LogP contribution in [0.4, 0.5) is 0 Å². The zero-order valence-corrected chi connectivity index (χ0v) is 14.6. The first-order valence-electron chi connectivity index (χ1n) is 8.49. The Balaban J connectivity index is 1.47. The monoisotopic (exact) mass is 335 g/mol. The van der Waals surface area contributed by atoms with E-state index in [9.17, 15) is 4.79 Å². The van der Waals surface area contributed by atoms with Gasteiger partial charge in [-0.25, -0.2) is 0 Å².